The minimum absolute atomic E-state index is 0.0315. The van der Waals surface area contributed by atoms with Gasteiger partial charge in [-0.05, 0) is 18.8 Å². The predicted octanol–water partition coefficient (Wildman–Crippen LogP) is 1.19. The molecule has 3 N–H and O–H groups in total. The standard InChI is InChI=1S/C10H20N2O3/c1-5-10(3,4)6-11-9(15)12-7(2)8(13)14/h7H,5-6H2,1-4H3,(H,13,14)(H2,11,12,15)/t7-/m1/s1. The van der Waals surface area contributed by atoms with Gasteiger partial charge < -0.3 is 15.7 Å². The van der Waals surface area contributed by atoms with Crippen LogP contribution in [-0.4, -0.2) is 29.7 Å². The maximum Gasteiger partial charge on any atom is 0.325 e. The van der Waals surface area contributed by atoms with E-state index in [9.17, 15) is 9.59 Å². The van der Waals surface area contributed by atoms with E-state index in [-0.39, 0.29) is 5.41 Å². The Kier molecular flexibility index (Phi) is 5.11. The van der Waals surface area contributed by atoms with Crippen LogP contribution >= 0.6 is 0 Å². The second kappa shape index (κ2) is 5.58. The summed E-state index contributed by atoms with van der Waals surface area (Å²) < 4.78 is 0. The summed E-state index contributed by atoms with van der Waals surface area (Å²) in [5, 5.41) is 13.5. The molecule has 0 rings (SSSR count). The van der Waals surface area contributed by atoms with Gasteiger partial charge >= 0.3 is 12.0 Å². The molecular weight excluding hydrogens is 196 g/mol. The van der Waals surface area contributed by atoms with Gasteiger partial charge in [-0.3, -0.25) is 4.79 Å². The zero-order valence-electron chi connectivity index (χ0n) is 9.76. The summed E-state index contributed by atoms with van der Waals surface area (Å²) in [4.78, 5) is 21.7. The largest absolute Gasteiger partial charge is 0.480 e. The molecule has 0 unspecified atom stereocenters. The number of carbonyl (C=O) groups is 2. The second-order valence-corrected chi connectivity index (χ2v) is 4.40. The Hall–Kier alpha value is -1.26. The molecule has 88 valence electrons. The molecule has 1 atom stereocenters. The number of aliphatic carboxylic acids is 1. The van der Waals surface area contributed by atoms with E-state index in [2.05, 4.69) is 10.6 Å². The first kappa shape index (κ1) is 13.7. The molecule has 0 bridgehead atoms. The highest BCUT2D eigenvalue weighted by molar-refractivity contribution is 5.82. The van der Waals surface area contributed by atoms with Gasteiger partial charge in [-0.1, -0.05) is 20.8 Å². The lowest BCUT2D eigenvalue weighted by Gasteiger charge is -2.23. The van der Waals surface area contributed by atoms with Crippen LogP contribution in [0.1, 0.15) is 34.1 Å². The van der Waals surface area contributed by atoms with Crippen molar-refractivity contribution in [1.29, 1.82) is 0 Å². The van der Waals surface area contributed by atoms with Crippen LogP contribution in [0, 0.1) is 5.41 Å². The maximum absolute atomic E-state index is 11.2. The van der Waals surface area contributed by atoms with Crippen molar-refractivity contribution in [1.82, 2.24) is 10.6 Å². The second-order valence-electron chi connectivity index (χ2n) is 4.40. The van der Waals surface area contributed by atoms with Crippen molar-refractivity contribution in [3.63, 3.8) is 0 Å². The average Bonchev–Trinajstić information content (AvgIpc) is 2.15. The minimum atomic E-state index is -1.04. The van der Waals surface area contributed by atoms with Crippen molar-refractivity contribution in [2.24, 2.45) is 5.41 Å². The van der Waals surface area contributed by atoms with Gasteiger partial charge in [-0.25, -0.2) is 4.79 Å². The van der Waals surface area contributed by atoms with E-state index in [1.54, 1.807) is 0 Å². The molecule has 0 aliphatic rings. The third-order valence-electron chi connectivity index (χ3n) is 2.40. The molecule has 0 aliphatic carbocycles. The fourth-order valence-corrected chi connectivity index (χ4v) is 0.754. The van der Waals surface area contributed by atoms with Crippen LogP contribution in [0.25, 0.3) is 0 Å². The van der Waals surface area contributed by atoms with E-state index >= 15 is 0 Å². The topological polar surface area (TPSA) is 78.4 Å². The summed E-state index contributed by atoms with van der Waals surface area (Å²) in [6.07, 6.45) is 0.946. The summed E-state index contributed by atoms with van der Waals surface area (Å²) >= 11 is 0. The van der Waals surface area contributed by atoms with Crippen molar-refractivity contribution in [3.05, 3.63) is 0 Å². The van der Waals surface area contributed by atoms with Crippen LogP contribution in [0.2, 0.25) is 0 Å². The summed E-state index contributed by atoms with van der Waals surface area (Å²) in [7, 11) is 0. The quantitative estimate of drug-likeness (QED) is 0.646. The average molecular weight is 216 g/mol. The van der Waals surface area contributed by atoms with E-state index in [0.29, 0.717) is 6.54 Å². The van der Waals surface area contributed by atoms with Gasteiger partial charge in [-0.2, -0.15) is 0 Å². The van der Waals surface area contributed by atoms with Gasteiger partial charge in [0.2, 0.25) is 0 Å². The van der Waals surface area contributed by atoms with Crippen LogP contribution < -0.4 is 10.6 Å². The van der Waals surface area contributed by atoms with Gasteiger partial charge in [0.1, 0.15) is 6.04 Å². The molecule has 0 fully saturated rings. The number of hydrogen-bond donors (Lipinski definition) is 3. The number of carboxylic acid groups (broad SMARTS) is 1. The molecule has 0 aromatic carbocycles. The monoisotopic (exact) mass is 216 g/mol. The Morgan fingerprint density at radius 1 is 1.40 bits per heavy atom. The Labute approximate surface area is 90.2 Å². The zero-order chi connectivity index (χ0) is 12.1. The van der Waals surface area contributed by atoms with E-state index < -0.39 is 18.0 Å². The van der Waals surface area contributed by atoms with Crippen LogP contribution in [0.5, 0.6) is 0 Å². The SMILES string of the molecule is CCC(C)(C)CNC(=O)N[C@H](C)C(=O)O. The zero-order valence-corrected chi connectivity index (χ0v) is 9.76. The number of amides is 2. The number of carbonyl (C=O) groups excluding carboxylic acids is 1. The van der Waals surface area contributed by atoms with Crippen LogP contribution in [0.15, 0.2) is 0 Å². The molecule has 0 saturated heterocycles. The first-order valence-corrected chi connectivity index (χ1v) is 5.05. The van der Waals surface area contributed by atoms with Crippen molar-refractivity contribution < 1.29 is 14.7 Å². The predicted molar refractivity (Wildman–Crippen MR) is 57.7 cm³/mol. The molecule has 15 heavy (non-hydrogen) atoms. The van der Waals surface area contributed by atoms with E-state index in [1.165, 1.54) is 6.92 Å². The Balaban J connectivity index is 3.91. The molecule has 0 aromatic heterocycles. The van der Waals surface area contributed by atoms with Gasteiger partial charge in [0, 0.05) is 6.54 Å². The van der Waals surface area contributed by atoms with Gasteiger partial charge in [0.05, 0.1) is 0 Å². The lowest BCUT2D eigenvalue weighted by molar-refractivity contribution is -0.138. The van der Waals surface area contributed by atoms with E-state index in [1.807, 2.05) is 20.8 Å². The molecule has 5 nitrogen and oxygen atoms in total. The molecule has 0 saturated carbocycles. The summed E-state index contributed by atoms with van der Waals surface area (Å²) in [5.41, 5.74) is 0.0315. The molecule has 0 radical (unpaired) electrons. The van der Waals surface area contributed by atoms with E-state index in [0.717, 1.165) is 6.42 Å². The number of hydrogen-bond acceptors (Lipinski definition) is 2. The Bertz CT molecular complexity index is 239. The number of urea groups is 1. The Morgan fingerprint density at radius 2 is 1.93 bits per heavy atom. The smallest absolute Gasteiger partial charge is 0.325 e. The van der Waals surface area contributed by atoms with Crippen molar-refractivity contribution >= 4 is 12.0 Å². The van der Waals surface area contributed by atoms with Crippen molar-refractivity contribution in [3.8, 4) is 0 Å². The first-order chi connectivity index (χ1) is 6.78. The van der Waals surface area contributed by atoms with Crippen molar-refractivity contribution in [2.45, 2.75) is 40.2 Å². The normalized spacial score (nSPS) is 13.1. The van der Waals surface area contributed by atoms with Gasteiger partial charge in [0.15, 0.2) is 0 Å². The third kappa shape index (κ3) is 5.93. The summed E-state index contributed by atoms with van der Waals surface area (Å²) in [6, 6.07) is -1.30. The third-order valence-corrected chi connectivity index (χ3v) is 2.40. The molecule has 0 aromatic rings. The van der Waals surface area contributed by atoms with Gasteiger partial charge in [-0.15, -0.1) is 0 Å². The van der Waals surface area contributed by atoms with Crippen LogP contribution in [0.4, 0.5) is 4.79 Å². The summed E-state index contributed by atoms with van der Waals surface area (Å²) in [5.74, 6) is -1.04. The number of nitrogens with one attached hydrogen (secondary N) is 2. The molecular formula is C10H20N2O3. The summed E-state index contributed by atoms with van der Waals surface area (Å²) in [6.45, 7) is 8.07. The lowest BCUT2D eigenvalue weighted by atomic mass is 9.90. The highest BCUT2D eigenvalue weighted by Crippen LogP contribution is 2.17. The molecule has 0 aliphatic heterocycles. The maximum atomic E-state index is 11.2. The molecule has 5 heteroatoms. The number of carboxylic acids is 1. The first-order valence-electron chi connectivity index (χ1n) is 5.05. The van der Waals surface area contributed by atoms with Crippen LogP contribution in [0.3, 0.4) is 0 Å². The molecule has 0 heterocycles. The molecule has 2 amide bonds. The fraction of sp³-hybridized carbons (Fsp3) is 0.800. The lowest BCUT2D eigenvalue weighted by Crippen LogP contribution is -2.46. The highest BCUT2D eigenvalue weighted by Gasteiger charge is 2.18. The van der Waals surface area contributed by atoms with Crippen molar-refractivity contribution in [2.75, 3.05) is 6.54 Å². The van der Waals surface area contributed by atoms with E-state index in [4.69, 9.17) is 5.11 Å². The fourth-order valence-electron chi connectivity index (χ4n) is 0.754. The van der Waals surface area contributed by atoms with Gasteiger partial charge in [0.25, 0.3) is 0 Å². The minimum Gasteiger partial charge on any atom is -0.480 e. The Morgan fingerprint density at radius 3 is 2.33 bits per heavy atom. The molecule has 0 spiro atoms. The number of rotatable bonds is 5. The highest BCUT2D eigenvalue weighted by atomic mass is 16.4. The van der Waals surface area contributed by atoms with Crippen LogP contribution in [-0.2, 0) is 4.79 Å².